The molecule has 3 heterocycles. The van der Waals surface area contributed by atoms with E-state index in [1.54, 1.807) is 6.33 Å². The predicted octanol–water partition coefficient (Wildman–Crippen LogP) is 1.45. The number of aromatic nitrogens is 3. The van der Waals surface area contributed by atoms with Gasteiger partial charge in [0, 0.05) is 26.6 Å². The number of urea groups is 1. The first-order chi connectivity index (χ1) is 11.5. The quantitative estimate of drug-likeness (QED) is 0.879. The number of hydrogen-bond acceptors (Lipinski definition) is 5. The van der Waals surface area contributed by atoms with Crippen molar-refractivity contribution in [3.63, 3.8) is 0 Å². The van der Waals surface area contributed by atoms with E-state index in [1.165, 1.54) is 0 Å². The van der Waals surface area contributed by atoms with Gasteiger partial charge in [-0.25, -0.2) is 4.79 Å². The summed E-state index contributed by atoms with van der Waals surface area (Å²) in [4.78, 5) is 14.4. The van der Waals surface area contributed by atoms with E-state index in [4.69, 9.17) is 9.47 Å². The van der Waals surface area contributed by atoms with Crippen molar-refractivity contribution in [1.82, 2.24) is 25.0 Å². The molecule has 1 N–H and O–H groups in total. The van der Waals surface area contributed by atoms with E-state index in [0.717, 1.165) is 31.6 Å². The summed E-state index contributed by atoms with van der Waals surface area (Å²) in [5.41, 5.74) is 0. The Morgan fingerprint density at radius 1 is 1.50 bits per heavy atom. The zero-order valence-electron chi connectivity index (χ0n) is 14.7. The van der Waals surface area contributed by atoms with Gasteiger partial charge in [-0.2, -0.15) is 0 Å². The third-order valence-corrected chi connectivity index (χ3v) is 4.78. The SMILES string of the molecule is C[C@@H](CNC(=O)N1CCC[C@@H]1c1nncn1C)CC1(C)OCCO1. The maximum Gasteiger partial charge on any atom is 0.318 e. The molecule has 2 fully saturated rings. The maximum atomic E-state index is 12.6. The Hall–Kier alpha value is -1.67. The molecular formula is C16H27N5O3. The van der Waals surface area contributed by atoms with E-state index in [2.05, 4.69) is 22.4 Å². The Kier molecular flexibility index (Phi) is 5.05. The maximum absolute atomic E-state index is 12.6. The largest absolute Gasteiger partial charge is 0.348 e. The summed E-state index contributed by atoms with van der Waals surface area (Å²) >= 11 is 0. The highest BCUT2D eigenvalue weighted by Gasteiger charge is 2.35. The smallest absolute Gasteiger partial charge is 0.318 e. The molecule has 8 nitrogen and oxygen atoms in total. The van der Waals surface area contributed by atoms with Crippen molar-refractivity contribution in [2.45, 2.75) is 44.9 Å². The van der Waals surface area contributed by atoms with Crippen LogP contribution in [0.5, 0.6) is 0 Å². The van der Waals surface area contributed by atoms with Crippen LogP contribution in [0, 0.1) is 5.92 Å². The van der Waals surface area contributed by atoms with Crippen LogP contribution in [0.2, 0.25) is 0 Å². The van der Waals surface area contributed by atoms with Gasteiger partial charge in [0.05, 0.1) is 19.3 Å². The minimum absolute atomic E-state index is 0.00632. The molecule has 1 aromatic rings. The lowest BCUT2D eigenvalue weighted by atomic mass is 10.0. The van der Waals surface area contributed by atoms with Gasteiger partial charge in [0.2, 0.25) is 0 Å². The van der Waals surface area contributed by atoms with E-state index >= 15 is 0 Å². The first-order valence-corrected chi connectivity index (χ1v) is 8.65. The molecule has 8 heteroatoms. The Balaban J connectivity index is 1.52. The normalized spacial score (nSPS) is 24.3. The molecule has 2 aliphatic heterocycles. The van der Waals surface area contributed by atoms with E-state index < -0.39 is 5.79 Å². The zero-order valence-corrected chi connectivity index (χ0v) is 14.7. The van der Waals surface area contributed by atoms with E-state index in [9.17, 15) is 4.79 Å². The lowest BCUT2D eigenvalue weighted by Crippen LogP contribution is -2.42. The number of rotatable bonds is 5. The average molecular weight is 337 g/mol. The second kappa shape index (κ2) is 7.06. The summed E-state index contributed by atoms with van der Waals surface area (Å²) in [5, 5.41) is 11.1. The number of hydrogen-bond donors (Lipinski definition) is 1. The molecule has 2 saturated heterocycles. The lowest BCUT2D eigenvalue weighted by molar-refractivity contribution is -0.153. The highest BCUT2D eigenvalue weighted by atomic mass is 16.7. The second-order valence-electron chi connectivity index (χ2n) is 6.98. The van der Waals surface area contributed by atoms with Gasteiger partial charge >= 0.3 is 6.03 Å². The van der Waals surface area contributed by atoms with Gasteiger partial charge in [0.1, 0.15) is 6.33 Å². The van der Waals surface area contributed by atoms with Gasteiger partial charge in [-0.3, -0.25) is 0 Å². The fourth-order valence-corrected chi connectivity index (χ4v) is 3.61. The fraction of sp³-hybridized carbons (Fsp3) is 0.812. The number of nitrogens with one attached hydrogen (secondary N) is 1. The molecule has 134 valence electrons. The second-order valence-corrected chi connectivity index (χ2v) is 6.98. The number of ether oxygens (including phenoxy) is 2. The van der Waals surface area contributed by atoms with Crippen LogP contribution in [0.4, 0.5) is 4.79 Å². The standard InChI is InChI=1S/C16H27N5O3/c1-12(9-16(2)23-7-8-24-16)10-17-15(22)21-6-4-5-13(21)14-19-18-11-20(14)3/h11-13H,4-10H2,1-3H3,(H,17,22)/t12-,13-/m1/s1. The highest BCUT2D eigenvalue weighted by Crippen LogP contribution is 2.30. The van der Waals surface area contributed by atoms with Gasteiger partial charge < -0.3 is 24.3 Å². The summed E-state index contributed by atoms with van der Waals surface area (Å²) in [6, 6.07) is -0.0300. The number of amides is 2. The lowest BCUT2D eigenvalue weighted by Gasteiger charge is -2.28. The van der Waals surface area contributed by atoms with Crippen LogP contribution in [0.15, 0.2) is 6.33 Å². The third kappa shape index (κ3) is 3.70. The van der Waals surface area contributed by atoms with Gasteiger partial charge in [0.25, 0.3) is 0 Å². The highest BCUT2D eigenvalue weighted by molar-refractivity contribution is 5.75. The molecule has 0 saturated carbocycles. The first-order valence-electron chi connectivity index (χ1n) is 8.65. The topological polar surface area (TPSA) is 81.5 Å². The van der Waals surface area contributed by atoms with Gasteiger partial charge in [-0.05, 0) is 25.7 Å². The number of carbonyl (C=O) groups excluding carboxylic acids is 1. The first kappa shape index (κ1) is 17.2. The van der Waals surface area contributed by atoms with Crippen LogP contribution < -0.4 is 5.32 Å². The molecule has 2 amide bonds. The summed E-state index contributed by atoms with van der Waals surface area (Å²) in [7, 11) is 1.91. The number of carbonyl (C=O) groups is 1. The molecule has 24 heavy (non-hydrogen) atoms. The molecule has 0 radical (unpaired) electrons. The molecule has 0 unspecified atom stereocenters. The van der Waals surface area contributed by atoms with Crippen LogP contribution in [-0.4, -0.2) is 57.8 Å². The molecule has 3 rings (SSSR count). The average Bonchev–Trinajstić information content (AvgIpc) is 3.25. The van der Waals surface area contributed by atoms with Crippen LogP contribution in [0.25, 0.3) is 0 Å². The van der Waals surface area contributed by atoms with Crippen molar-refractivity contribution >= 4 is 6.03 Å². The minimum atomic E-state index is -0.515. The summed E-state index contributed by atoms with van der Waals surface area (Å²) in [6.07, 6.45) is 4.35. The molecule has 2 aliphatic rings. The van der Waals surface area contributed by atoms with E-state index in [1.807, 2.05) is 23.4 Å². The minimum Gasteiger partial charge on any atom is -0.348 e. The Bertz CT molecular complexity index is 570. The van der Waals surface area contributed by atoms with Crippen LogP contribution >= 0.6 is 0 Å². The molecular weight excluding hydrogens is 310 g/mol. The summed E-state index contributed by atoms with van der Waals surface area (Å²) in [5.74, 6) is 0.600. The summed E-state index contributed by atoms with van der Waals surface area (Å²) < 4.78 is 13.2. The van der Waals surface area contributed by atoms with Gasteiger partial charge in [0.15, 0.2) is 11.6 Å². The molecule has 2 atom stereocenters. The van der Waals surface area contributed by atoms with Crippen LogP contribution in [0.1, 0.15) is 45.0 Å². The van der Waals surface area contributed by atoms with Crippen LogP contribution in [-0.2, 0) is 16.5 Å². The van der Waals surface area contributed by atoms with Crippen LogP contribution in [0.3, 0.4) is 0 Å². The number of likely N-dealkylation sites (tertiary alicyclic amines) is 1. The third-order valence-electron chi connectivity index (χ3n) is 4.78. The molecule has 0 bridgehead atoms. The van der Waals surface area contributed by atoms with Crippen molar-refractivity contribution in [3.05, 3.63) is 12.2 Å². The Morgan fingerprint density at radius 2 is 2.25 bits per heavy atom. The Labute approximate surface area is 142 Å². The molecule has 0 aromatic carbocycles. The monoisotopic (exact) mass is 337 g/mol. The van der Waals surface area contributed by atoms with Gasteiger partial charge in [-0.15, -0.1) is 10.2 Å². The molecule has 0 aliphatic carbocycles. The van der Waals surface area contributed by atoms with Crippen molar-refractivity contribution in [2.24, 2.45) is 13.0 Å². The number of nitrogens with zero attached hydrogens (tertiary/aromatic N) is 4. The van der Waals surface area contributed by atoms with Crippen molar-refractivity contribution in [1.29, 1.82) is 0 Å². The number of aryl methyl sites for hydroxylation is 1. The zero-order chi connectivity index (χ0) is 17.2. The van der Waals surface area contributed by atoms with Crippen molar-refractivity contribution in [2.75, 3.05) is 26.3 Å². The Morgan fingerprint density at radius 3 is 2.92 bits per heavy atom. The molecule has 0 spiro atoms. The van der Waals surface area contributed by atoms with E-state index in [-0.39, 0.29) is 18.0 Å². The van der Waals surface area contributed by atoms with E-state index in [0.29, 0.717) is 19.8 Å². The van der Waals surface area contributed by atoms with Gasteiger partial charge in [-0.1, -0.05) is 6.92 Å². The fourth-order valence-electron chi connectivity index (χ4n) is 3.61. The van der Waals surface area contributed by atoms with Crippen molar-refractivity contribution in [3.8, 4) is 0 Å². The predicted molar refractivity (Wildman–Crippen MR) is 87.2 cm³/mol. The summed E-state index contributed by atoms with van der Waals surface area (Å²) in [6.45, 7) is 6.69. The van der Waals surface area contributed by atoms with Crippen molar-refractivity contribution < 1.29 is 14.3 Å². The molecule has 1 aromatic heterocycles.